The predicted octanol–water partition coefficient (Wildman–Crippen LogP) is 3.64. The number of anilines is 1. The zero-order chi connectivity index (χ0) is 12.7. The fraction of sp³-hybridized carbons (Fsp3) is 0.600. The molecule has 0 radical (unpaired) electrons. The molecule has 0 saturated heterocycles. The van der Waals surface area contributed by atoms with E-state index in [1.165, 1.54) is 31.2 Å². The van der Waals surface area contributed by atoms with Crippen molar-refractivity contribution in [3.8, 4) is 0 Å². The maximum absolute atomic E-state index is 5.90. The van der Waals surface area contributed by atoms with E-state index in [1.54, 1.807) is 0 Å². The second-order valence-electron chi connectivity index (χ2n) is 4.97. The molecule has 0 bridgehead atoms. The van der Waals surface area contributed by atoms with Crippen LogP contribution in [0.3, 0.4) is 0 Å². The van der Waals surface area contributed by atoms with E-state index in [0.29, 0.717) is 6.04 Å². The number of nitrogens with two attached hydrogens (primary N) is 1. The molecule has 17 heavy (non-hydrogen) atoms. The Balaban J connectivity index is 2.31. The third-order valence-corrected chi connectivity index (χ3v) is 3.24. The van der Waals surface area contributed by atoms with Crippen LogP contribution in [-0.2, 0) is 6.54 Å². The minimum absolute atomic E-state index is 0.587. The number of hydrogen-bond donors (Lipinski definition) is 2. The molecular weight excluding hydrogens is 208 g/mol. The van der Waals surface area contributed by atoms with Gasteiger partial charge in [-0.15, -0.1) is 0 Å². The quantitative estimate of drug-likeness (QED) is 0.558. The monoisotopic (exact) mass is 234 g/mol. The van der Waals surface area contributed by atoms with Gasteiger partial charge >= 0.3 is 0 Å². The molecule has 0 aliphatic carbocycles. The third-order valence-electron chi connectivity index (χ3n) is 3.24. The van der Waals surface area contributed by atoms with Gasteiger partial charge in [0.25, 0.3) is 0 Å². The normalized spacial score (nSPS) is 12.6. The van der Waals surface area contributed by atoms with E-state index in [1.807, 2.05) is 6.92 Å². The topological polar surface area (TPSA) is 38.0 Å². The minimum Gasteiger partial charge on any atom is -0.399 e. The Hall–Kier alpha value is -1.02. The number of nitrogen functional groups attached to an aromatic ring is 1. The summed E-state index contributed by atoms with van der Waals surface area (Å²) in [4.78, 5) is 0. The highest BCUT2D eigenvalue weighted by Gasteiger charge is 2.02. The lowest BCUT2D eigenvalue weighted by Gasteiger charge is -2.14. The summed E-state index contributed by atoms with van der Waals surface area (Å²) in [5, 5.41) is 3.55. The zero-order valence-electron chi connectivity index (χ0n) is 11.4. The van der Waals surface area contributed by atoms with Gasteiger partial charge in [-0.3, -0.25) is 0 Å². The van der Waals surface area contributed by atoms with Crippen molar-refractivity contribution in [3.05, 3.63) is 29.3 Å². The lowest BCUT2D eigenvalue weighted by atomic mass is 10.1. The van der Waals surface area contributed by atoms with Crippen LogP contribution in [0.15, 0.2) is 18.2 Å². The molecule has 0 aliphatic rings. The molecule has 1 unspecified atom stereocenters. The second kappa shape index (κ2) is 7.33. The highest BCUT2D eigenvalue weighted by Crippen LogP contribution is 2.13. The molecule has 0 fully saturated rings. The molecule has 0 aliphatic heterocycles. The van der Waals surface area contributed by atoms with E-state index in [4.69, 9.17) is 5.73 Å². The lowest BCUT2D eigenvalue weighted by molar-refractivity contribution is 0.487. The van der Waals surface area contributed by atoms with Gasteiger partial charge in [0, 0.05) is 18.3 Å². The Bertz CT molecular complexity index is 334. The molecule has 0 spiro atoms. The standard InChI is InChI=1S/C15H26N2/c1-4-5-6-7-13(3)17-11-14-9-8-12(2)15(16)10-14/h8-10,13,17H,4-7,11,16H2,1-3H3. The van der Waals surface area contributed by atoms with Crippen LogP contribution < -0.4 is 11.1 Å². The molecule has 1 rings (SSSR count). The van der Waals surface area contributed by atoms with Gasteiger partial charge in [-0.05, 0) is 37.5 Å². The van der Waals surface area contributed by atoms with Crippen LogP contribution in [0.1, 0.15) is 50.7 Å². The first-order valence-electron chi connectivity index (χ1n) is 6.72. The number of nitrogens with one attached hydrogen (secondary N) is 1. The number of hydrogen-bond acceptors (Lipinski definition) is 2. The van der Waals surface area contributed by atoms with Crippen molar-refractivity contribution in [2.75, 3.05) is 5.73 Å². The Morgan fingerprint density at radius 3 is 2.71 bits per heavy atom. The average molecular weight is 234 g/mol. The average Bonchev–Trinajstić information content (AvgIpc) is 2.31. The van der Waals surface area contributed by atoms with Crippen molar-refractivity contribution < 1.29 is 0 Å². The van der Waals surface area contributed by atoms with E-state index in [9.17, 15) is 0 Å². The third kappa shape index (κ3) is 5.22. The van der Waals surface area contributed by atoms with E-state index >= 15 is 0 Å². The number of rotatable bonds is 7. The van der Waals surface area contributed by atoms with Crippen molar-refractivity contribution in [1.82, 2.24) is 5.32 Å². The van der Waals surface area contributed by atoms with Crippen molar-refractivity contribution in [2.24, 2.45) is 0 Å². The molecular formula is C15H26N2. The SMILES string of the molecule is CCCCCC(C)NCc1ccc(C)c(N)c1. The Morgan fingerprint density at radius 2 is 2.06 bits per heavy atom. The van der Waals surface area contributed by atoms with Crippen molar-refractivity contribution >= 4 is 5.69 Å². The Morgan fingerprint density at radius 1 is 1.29 bits per heavy atom. The fourth-order valence-electron chi connectivity index (χ4n) is 1.89. The Kier molecular flexibility index (Phi) is 6.06. The maximum atomic E-state index is 5.90. The smallest absolute Gasteiger partial charge is 0.0346 e. The van der Waals surface area contributed by atoms with Crippen LogP contribution in [0.5, 0.6) is 0 Å². The van der Waals surface area contributed by atoms with Crippen molar-refractivity contribution in [1.29, 1.82) is 0 Å². The number of benzene rings is 1. The van der Waals surface area contributed by atoms with Crippen LogP contribution in [0, 0.1) is 6.92 Å². The summed E-state index contributed by atoms with van der Waals surface area (Å²) >= 11 is 0. The first kappa shape index (κ1) is 14.0. The van der Waals surface area contributed by atoms with E-state index in [-0.39, 0.29) is 0 Å². The highest BCUT2D eigenvalue weighted by molar-refractivity contribution is 5.48. The van der Waals surface area contributed by atoms with Gasteiger partial charge < -0.3 is 11.1 Å². The van der Waals surface area contributed by atoms with Crippen LogP contribution in [-0.4, -0.2) is 6.04 Å². The van der Waals surface area contributed by atoms with Gasteiger partial charge in [0.05, 0.1) is 0 Å². The molecule has 1 aromatic carbocycles. The second-order valence-corrected chi connectivity index (χ2v) is 4.97. The molecule has 1 aromatic rings. The molecule has 1 atom stereocenters. The highest BCUT2D eigenvalue weighted by atomic mass is 14.9. The number of unbranched alkanes of at least 4 members (excludes halogenated alkanes) is 2. The van der Waals surface area contributed by atoms with Crippen LogP contribution in [0.4, 0.5) is 5.69 Å². The summed E-state index contributed by atoms with van der Waals surface area (Å²) in [5.74, 6) is 0. The van der Waals surface area contributed by atoms with Gasteiger partial charge in [0.1, 0.15) is 0 Å². The maximum Gasteiger partial charge on any atom is 0.0346 e. The summed E-state index contributed by atoms with van der Waals surface area (Å²) < 4.78 is 0. The van der Waals surface area contributed by atoms with E-state index in [2.05, 4.69) is 37.4 Å². The first-order chi connectivity index (χ1) is 8.13. The van der Waals surface area contributed by atoms with Crippen molar-refractivity contribution in [3.63, 3.8) is 0 Å². The first-order valence-corrected chi connectivity index (χ1v) is 6.72. The minimum atomic E-state index is 0.587. The summed E-state index contributed by atoms with van der Waals surface area (Å²) in [7, 11) is 0. The molecule has 0 aromatic heterocycles. The van der Waals surface area contributed by atoms with Gasteiger partial charge in [0.2, 0.25) is 0 Å². The fourth-order valence-corrected chi connectivity index (χ4v) is 1.89. The lowest BCUT2D eigenvalue weighted by Crippen LogP contribution is -2.25. The van der Waals surface area contributed by atoms with Gasteiger partial charge in [0.15, 0.2) is 0 Å². The zero-order valence-corrected chi connectivity index (χ0v) is 11.4. The van der Waals surface area contributed by atoms with Crippen molar-refractivity contribution in [2.45, 2.75) is 59.0 Å². The van der Waals surface area contributed by atoms with Gasteiger partial charge in [-0.1, -0.05) is 38.3 Å². The molecule has 0 saturated carbocycles. The summed E-state index contributed by atoms with van der Waals surface area (Å²) in [6, 6.07) is 6.90. The molecule has 2 nitrogen and oxygen atoms in total. The molecule has 0 heterocycles. The van der Waals surface area contributed by atoms with Crippen LogP contribution >= 0.6 is 0 Å². The summed E-state index contributed by atoms with van der Waals surface area (Å²) in [6.45, 7) is 7.46. The Labute approximate surface area is 106 Å². The van der Waals surface area contributed by atoms with Gasteiger partial charge in [-0.2, -0.15) is 0 Å². The van der Waals surface area contributed by atoms with E-state index in [0.717, 1.165) is 17.8 Å². The van der Waals surface area contributed by atoms with E-state index < -0.39 is 0 Å². The summed E-state index contributed by atoms with van der Waals surface area (Å²) in [5.41, 5.74) is 9.22. The largest absolute Gasteiger partial charge is 0.399 e. The molecule has 0 amide bonds. The molecule has 3 N–H and O–H groups in total. The van der Waals surface area contributed by atoms with Gasteiger partial charge in [-0.25, -0.2) is 0 Å². The van der Waals surface area contributed by atoms with Crippen LogP contribution in [0.25, 0.3) is 0 Å². The predicted molar refractivity (Wildman–Crippen MR) is 76.0 cm³/mol. The number of aryl methyl sites for hydroxylation is 1. The molecule has 2 heteroatoms. The van der Waals surface area contributed by atoms with Crippen LogP contribution in [0.2, 0.25) is 0 Å². The summed E-state index contributed by atoms with van der Waals surface area (Å²) in [6.07, 6.45) is 5.21. The molecule has 96 valence electrons.